The van der Waals surface area contributed by atoms with Crippen LogP contribution in [0, 0.1) is 10.1 Å². The third-order valence-corrected chi connectivity index (χ3v) is 6.50. The summed E-state index contributed by atoms with van der Waals surface area (Å²) in [6.07, 6.45) is 6.29. The lowest BCUT2D eigenvalue weighted by molar-refractivity contribution is -0.386. The molecular weight excluding hydrogens is 524 g/mol. The Morgan fingerprint density at radius 1 is 1.26 bits per heavy atom. The van der Waals surface area contributed by atoms with E-state index in [2.05, 4.69) is 21.0 Å². The van der Waals surface area contributed by atoms with Crippen LogP contribution in [0.4, 0.5) is 5.69 Å². The molecule has 1 aliphatic rings. The summed E-state index contributed by atoms with van der Waals surface area (Å²) in [5.74, 6) is 0.735. The Morgan fingerprint density at radius 3 is 2.68 bits per heavy atom. The molecule has 0 aliphatic heterocycles. The molecule has 1 saturated carbocycles. The van der Waals surface area contributed by atoms with Gasteiger partial charge in [0.25, 0.3) is 5.56 Å². The number of nitro benzene ring substituents is 1. The molecule has 0 amide bonds. The van der Waals surface area contributed by atoms with Crippen molar-refractivity contribution in [3.63, 3.8) is 0 Å². The Labute approximate surface area is 209 Å². The molecule has 1 aliphatic carbocycles. The topological polar surface area (TPSA) is 99.6 Å². The van der Waals surface area contributed by atoms with Gasteiger partial charge in [0.1, 0.15) is 5.82 Å². The van der Waals surface area contributed by atoms with Crippen LogP contribution in [0.2, 0.25) is 5.02 Å². The second kappa shape index (κ2) is 10.2. The lowest BCUT2D eigenvalue weighted by atomic mass is 9.88. The minimum atomic E-state index is -0.546. The van der Waals surface area contributed by atoms with Gasteiger partial charge in [0.15, 0.2) is 0 Å². The molecule has 0 spiro atoms. The average Bonchev–Trinajstić information content (AvgIpc) is 2.80. The molecule has 8 nitrogen and oxygen atoms in total. The molecule has 0 radical (unpaired) electrons. The second-order valence-corrected chi connectivity index (χ2v) is 9.93. The van der Waals surface area contributed by atoms with Gasteiger partial charge in [-0.1, -0.05) is 46.8 Å². The highest BCUT2D eigenvalue weighted by molar-refractivity contribution is 9.10. The van der Waals surface area contributed by atoms with Crippen molar-refractivity contribution in [3.05, 3.63) is 71.7 Å². The Bertz CT molecular complexity index is 1330. The number of ether oxygens (including phenoxy) is 1. The van der Waals surface area contributed by atoms with Crippen molar-refractivity contribution < 1.29 is 9.66 Å². The third kappa shape index (κ3) is 5.15. The summed E-state index contributed by atoms with van der Waals surface area (Å²) in [6, 6.07) is 8.27. The van der Waals surface area contributed by atoms with Gasteiger partial charge in [0, 0.05) is 22.0 Å². The monoisotopic (exact) mass is 546 g/mol. The van der Waals surface area contributed by atoms with Crippen LogP contribution in [0.3, 0.4) is 0 Å². The van der Waals surface area contributed by atoms with Crippen LogP contribution in [-0.2, 0) is 0 Å². The lowest BCUT2D eigenvalue weighted by Gasteiger charge is -2.22. The highest BCUT2D eigenvalue weighted by Gasteiger charge is 2.24. The van der Waals surface area contributed by atoms with Crippen molar-refractivity contribution >= 4 is 50.3 Å². The highest BCUT2D eigenvalue weighted by Crippen LogP contribution is 2.37. The van der Waals surface area contributed by atoms with Gasteiger partial charge in [-0.2, -0.15) is 9.78 Å². The number of benzene rings is 2. The molecule has 0 bridgehead atoms. The molecule has 1 fully saturated rings. The molecule has 178 valence electrons. The zero-order chi connectivity index (χ0) is 24.4. The number of hydrogen-bond donors (Lipinski definition) is 0. The first kappa shape index (κ1) is 24.3. The molecule has 0 unspecified atom stereocenters. The number of aromatic nitrogens is 2. The SMILES string of the molecule is CC(C)Oc1c(Cl)cc(C=Nn2c(C3CCCCC3)nc3ccc(Br)cc3c2=O)cc1[N+](=O)[O-]. The number of nitrogens with zero attached hydrogens (tertiary/aromatic N) is 4. The smallest absolute Gasteiger partial charge is 0.313 e. The maximum absolute atomic E-state index is 13.4. The van der Waals surface area contributed by atoms with Crippen molar-refractivity contribution in [2.24, 2.45) is 5.10 Å². The van der Waals surface area contributed by atoms with E-state index in [1.54, 1.807) is 19.9 Å². The molecule has 1 aromatic heterocycles. The Balaban J connectivity index is 1.83. The van der Waals surface area contributed by atoms with E-state index in [0.717, 1.165) is 36.6 Å². The summed E-state index contributed by atoms with van der Waals surface area (Å²) in [6.45, 7) is 3.53. The molecule has 34 heavy (non-hydrogen) atoms. The zero-order valence-electron chi connectivity index (χ0n) is 18.8. The Hall–Kier alpha value is -2.78. The van der Waals surface area contributed by atoms with E-state index in [0.29, 0.717) is 22.3 Å². The summed E-state index contributed by atoms with van der Waals surface area (Å²) in [5, 5.41) is 16.6. The number of nitro groups is 1. The van der Waals surface area contributed by atoms with E-state index in [1.807, 2.05) is 12.1 Å². The van der Waals surface area contributed by atoms with Crippen LogP contribution in [0.5, 0.6) is 5.75 Å². The Morgan fingerprint density at radius 2 is 2.00 bits per heavy atom. The fourth-order valence-corrected chi connectivity index (χ4v) is 4.82. The van der Waals surface area contributed by atoms with Gasteiger partial charge >= 0.3 is 5.69 Å². The van der Waals surface area contributed by atoms with Gasteiger partial charge in [0.2, 0.25) is 5.75 Å². The quantitative estimate of drug-likeness (QED) is 0.201. The number of halogens is 2. The summed E-state index contributed by atoms with van der Waals surface area (Å²) in [7, 11) is 0. The molecule has 0 saturated heterocycles. The third-order valence-electron chi connectivity index (χ3n) is 5.72. The highest BCUT2D eigenvalue weighted by atomic mass is 79.9. The predicted molar refractivity (Wildman–Crippen MR) is 136 cm³/mol. The van der Waals surface area contributed by atoms with Crippen LogP contribution in [-0.4, -0.2) is 26.9 Å². The van der Waals surface area contributed by atoms with E-state index in [4.69, 9.17) is 21.3 Å². The maximum atomic E-state index is 13.4. The molecule has 4 rings (SSSR count). The summed E-state index contributed by atoms with van der Waals surface area (Å²) in [5.41, 5.74) is 0.448. The van der Waals surface area contributed by atoms with E-state index >= 15 is 0 Å². The summed E-state index contributed by atoms with van der Waals surface area (Å²) >= 11 is 9.72. The lowest BCUT2D eigenvalue weighted by Crippen LogP contribution is -2.25. The Kier molecular flexibility index (Phi) is 7.33. The van der Waals surface area contributed by atoms with E-state index in [-0.39, 0.29) is 34.0 Å². The summed E-state index contributed by atoms with van der Waals surface area (Å²) in [4.78, 5) is 29.3. The van der Waals surface area contributed by atoms with Crippen LogP contribution in [0.15, 0.2) is 44.7 Å². The molecule has 0 N–H and O–H groups in total. The van der Waals surface area contributed by atoms with Crippen LogP contribution in [0.25, 0.3) is 10.9 Å². The average molecular weight is 548 g/mol. The van der Waals surface area contributed by atoms with Gasteiger partial charge in [-0.15, -0.1) is 0 Å². The molecule has 3 aromatic rings. The summed E-state index contributed by atoms with van der Waals surface area (Å²) < 4.78 is 7.63. The normalized spacial score (nSPS) is 14.9. The van der Waals surface area contributed by atoms with Crippen molar-refractivity contribution in [3.8, 4) is 5.75 Å². The van der Waals surface area contributed by atoms with Gasteiger partial charge in [-0.3, -0.25) is 14.9 Å². The van der Waals surface area contributed by atoms with Gasteiger partial charge in [0.05, 0.1) is 33.2 Å². The van der Waals surface area contributed by atoms with Crippen molar-refractivity contribution in [2.45, 2.75) is 58.0 Å². The van der Waals surface area contributed by atoms with Crippen molar-refractivity contribution in [1.82, 2.24) is 9.66 Å². The minimum Gasteiger partial charge on any atom is -0.483 e. The van der Waals surface area contributed by atoms with E-state index in [9.17, 15) is 14.9 Å². The molecular formula is C24H24BrClN4O4. The minimum absolute atomic E-state index is 0.0103. The van der Waals surface area contributed by atoms with Crippen molar-refractivity contribution in [1.29, 1.82) is 0 Å². The fraction of sp³-hybridized carbons (Fsp3) is 0.375. The van der Waals surface area contributed by atoms with Gasteiger partial charge < -0.3 is 4.74 Å². The number of hydrogen-bond acceptors (Lipinski definition) is 6. The first-order valence-corrected chi connectivity index (χ1v) is 12.3. The standard InChI is InChI=1S/C24H24BrClN4O4/c1-14(2)34-22-19(26)10-15(11-21(22)30(32)33)13-27-29-23(16-6-4-3-5-7-16)28-20-9-8-17(25)12-18(20)24(29)31/h8-14,16H,3-7H2,1-2H3. The van der Waals surface area contributed by atoms with E-state index < -0.39 is 4.92 Å². The van der Waals surface area contributed by atoms with Gasteiger partial charge in [-0.25, -0.2) is 4.98 Å². The fourth-order valence-electron chi connectivity index (χ4n) is 4.19. The largest absolute Gasteiger partial charge is 0.483 e. The molecule has 0 atom stereocenters. The van der Waals surface area contributed by atoms with Crippen LogP contribution >= 0.6 is 27.5 Å². The molecule has 10 heteroatoms. The van der Waals surface area contributed by atoms with Crippen LogP contribution < -0.4 is 10.3 Å². The second-order valence-electron chi connectivity index (χ2n) is 8.60. The van der Waals surface area contributed by atoms with Gasteiger partial charge in [-0.05, 0) is 51.0 Å². The zero-order valence-corrected chi connectivity index (χ0v) is 21.2. The van der Waals surface area contributed by atoms with Crippen molar-refractivity contribution in [2.75, 3.05) is 0 Å². The first-order valence-electron chi connectivity index (χ1n) is 11.2. The number of rotatable bonds is 6. The first-order chi connectivity index (χ1) is 16.2. The number of fused-ring (bicyclic) bond motifs is 1. The maximum Gasteiger partial charge on any atom is 0.313 e. The predicted octanol–water partition coefficient (Wildman–Crippen LogP) is 6.44. The molecule has 2 aromatic carbocycles. The molecule has 1 heterocycles. The van der Waals surface area contributed by atoms with Crippen LogP contribution in [0.1, 0.15) is 63.3 Å². The van der Waals surface area contributed by atoms with E-state index in [1.165, 1.54) is 23.0 Å².